The highest BCUT2D eigenvalue weighted by atomic mass is 79.9. The van der Waals surface area contributed by atoms with E-state index in [1.54, 1.807) is 7.11 Å². The van der Waals surface area contributed by atoms with Crippen molar-refractivity contribution in [3.05, 3.63) is 179 Å². The molecule has 105 heavy (non-hydrogen) atoms. The molecule has 0 amide bonds. The zero-order chi connectivity index (χ0) is 74.7. The number of aryl methyl sites for hydroxylation is 8. The number of nitrogen functional groups attached to an aromatic ring is 7. The van der Waals surface area contributed by atoms with E-state index in [0.717, 1.165) is 135 Å². The Morgan fingerprint density at radius 2 is 0.752 bits per heavy atom. The first kappa shape index (κ1) is 78.7. The third-order valence-electron chi connectivity index (χ3n) is 21.1. The maximum atomic E-state index is 6.09. The van der Waals surface area contributed by atoms with Gasteiger partial charge in [-0.3, -0.25) is 0 Å². The molecule has 9 aliphatic rings. The van der Waals surface area contributed by atoms with Gasteiger partial charge in [0, 0.05) is 133 Å². The number of nitrogens with two attached hydrogens (primary N) is 7. The van der Waals surface area contributed by atoms with Crippen LogP contribution < -0.4 is 92.7 Å². The molecule has 19 heteroatoms. The van der Waals surface area contributed by atoms with Crippen molar-refractivity contribution in [1.82, 2.24) is 0 Å². The van der Waals surface area contributed by atoms with E-state index in [2.05, 4.69) is 161 Å². The summed E-state index contributed by atoms with van der Waals surface area (Å²) in [7, 11) is 1.66. The molecule has 17 nitrogen and oxygen atoms in total. The Labute approximate surface area is 639 Å². The molecule has 0 saturated heterocycles. The molecule has 9 heterocycles. The molecule has 8 aromatic rings. The van der Waals surface area contributed by atoms with Crippen LogP contribution in [0.4, 0.5) is 91.0 Å². The highest BCUT2D eigenvalue weighted by Crippen LogP contribution is 2.42. The van der Waals surface area contributed by atoms with E-state index in [9.17, 15) is 0 Å². The number of anilines is 16. The van der Waals surface area contributed by atoms with Gasteiger partial charge < -0.3 is 92.7 Å². The maximum absolute atomic E-state index is 6.09. The van der Waals surface area contributed by atoms with Gasteiger partial charge in [-0.2, -0.15) is 0 Å². The topological polar surface area (TPSA) is 300 Å². The average molecular weight is 1510 g/mol. The zero-order valence-electron chi connectivity index (χ0n) is 63.8. The largest absolute Gasteiger partial charge is 0.492 e. The van der Waals surface area contributed by atoms with Crippen molar-refractivity contribution >= 4 is 119 Å². The van der Waals surface area contributed by atoms with Gasteiger partial charge in [0.15, 0.2) is 5.75 Å². The molecule has 0 aromatic heterocycles. The third-order valence-corrected chi connectivity index (χ3v) is 22.4. The first-order valence-electron chi connectivity index (χ1n) is 38.7. The molecule has 8 aromatic carbocycles. The second kappa shape index (κ2) is 37.4. The summed E-state index contributed by atoms with van der Waals surface area (Å²) < 4.78 is 6.27. The standard InChI is InChI=1S/C13H20N2.C12H16N2.C12H18N2.C11H16N2.C10H14N2O.C10H14N2.C9H11BrN2.C9H11ClN2/c1-13(2,3)11-10(14)7-6-9-5-4-8-15-12(9)11;1-3-9-5-6-11-10(4-2-7-13-11)12(9)14-8-1;1-8(2)11-10(13)6-5-9-4-3-7-14-12(9)11;1-2-9-10(12)6-5-8-4-3-7-13-11(8)9;1-13-10-8(11)5-4-7-3-2-6-12-9(7)10;1-7-9(11)5-4-8-3-2-6-12-10(7)8;2*10-8-7(11)4-3-6-2-1-5-12-9(6)8/h6-7,15H,4-5,8,14H2,1-3H3;5-6,13-14H,1-4,7-8H2;5-6,8,14H,3-4,7,13H2,1-2H3;5-6,13H,2-4,7,12H2,1H3;4-5,12H,2-3,6,11H2,1H3;4-5,12H,2-3,6,11H2,1H3;2*3-4,12H,1-2,5,11H2. The van der Waals surface area contributed by atoms with Crippen LogP contribution in [-0.4, -0.2) is 66.0 Å². The number of methoxy groups -OCH3 is 1. The fourth-order valence-electron chi connectivity index (χ4n) is 15.7. The molecule has 0 radical (unpaired) electrons. The molecule has 0 spiro atoms. The van der Waals surface area contributed by atoms with Crippen LogP contribution in [0.1, 0.15) is 178 Å². The van der Waals surface area contributed by atoms with Crippen LogP contribution >= 0.6 is 27.5 Å². The van der Waals surface area contributed by atoms with E-state index in [1.165, 1.54) is 208 Å². The third kappa shape index (κ3) is 19.8. The molecule has 9 aliphatic heterocycles. The van der Waals surface area contributed by atoms with Crippen molar-refractivity contribution in [1.29, 1.82) is 0 Å². The number of benzene rings is 8. The van der Waals surface area contributed by atoms with Crippen molar-refractivity contribution < 1.29 is 4.74 Å². The average Bonchev–Trinajstić information content (AvgIpc) is 0.787. The lowest BCUT2D eigenvalue weighted by atomic mass is 9.82. The van der Waals surface area contributed by atoms with E-state index in [1.807, 2.05) is 48.5 Å². The molecule has 0 unspecified atom stereocenters. The fraction of sp³-hybridized carbons (Fsp3) is 0.442. The fourth-order valence-corrected chi connectivity index (χ4v) is 16.4. The van der Waals surface area contributed by atoms with Crippen LogP contribution in [0.25, 0.3) is 0 Å². The molecular formula is C86H120BrClN16O. The minimum absolute atomic E-state index is 0.111. The number of halogens is 2. The number of ether oxygens (including phenoxy) is 1. The minimum Gasteiger partial charge on any atom is -0.492 e. The van der Waals surface area contributed by atoms with Crippen LogP contribution in [0.15, 0.2) is 102 Å². The van der Waals surface area contributed by atoms with Crippen molar-refractivity contribution in [3.8, 4) is 5.75 Å². The summed E-state index contributed by atoms with van der Waals surface area (Å²) >= 11 is 9.50. The minimum atomic E-state index is 0.111. The van der Waals surface area contributed by atoms with Crippen LogP contribution in [0, 0.1) is 6.92 Å². The Hall–Kier alpha value is -8.87. The van der Waals surface area contributed by atoms with Gasteiger partial charge in [0.1, 0.15) is 0 Å². The highest BCUT2D eigenvalue weighted by molar-refractivity contribution is 9.10. The number of hydrogen-bond acceptors (Lipinski definition) is 17. The summed E-state index contributed by atoms with van der Waals surface area (Å²) in [6.45, 7) is 24.9. The van der Waals surface area contributed by atoms with Gasteiger partial charge in [-0.05, 0) is 266 Å². The van der Waals surface area contributed by atoms with Gasteiger partial charge in [0.05, 0.1) is 45.0 Å². The molecule has 0 aliphatic carbocycles. The Morgan fingerprint density at radius 3 is 1.30 bits per heavy atom. The molecule has 564 valence electrons. The van der Waals surface area contributed by atoms with E-state index < -0.39 is 0 Å². The first-order chi connectivity index (χ1) is 50.7. The molecule has 0 saturated carbocycles. The molecule has 0 bridgehead atoms. The summed E-state index contributed by atoms with van der Waals surface area (Å²) in [5, 5.41) is 31.4. The van der Waals surface area contributed by atoms with E-state index in [4.69, 9.17) is 56.5 Å². The summed E-state index contributed by atoms with van der Waals surface area (Å²) in [6, 6.07) is 33.2. The number of nitrogens with one attached hydrogen (secondary N) is 9. The second-order valence-electron chi connectivity index (χ2n) is 30.0. The Balaban J connectivity index is 0.000000129. The predicted molar refractivity (Wildman–Crippen MR) is 460 cm³/mol. The van der Waals surface area contributed by atoms with Crippen molar-refractivity contribution in [2.45, 2.75) is 182 Å². The molecule has 17 rings (SSSR count). The lowest BCUT2D eigenvalue weighted by Gasteiger charge is -2.29. The van der Waals surface area contributed by atoms with E-state index in [-0.39, 0.29) is 5.41 Å². The van der Waals surface area contributed by atoms with Gasteiger partial charge in [-0.1, -0.05) is 102 Å². The van der Waals surface area contributed by atoms with Crippen molar-refractivity contribution in [2.24, 2.45) is 0 Å². The Bertz CT molecular complexity index is 4010. The lowest BCUT2D eigenvalue weighted by molar-refractivity contribution is 0.417. The lowest BCUT2D eigenvalue weighted by Crippen LogP contribution is -2.21. The monoisotopic (exact) mass is 1510 g/mol. The van der Waals surface area contributed by atoms with Crippen molar-refractivity contribution in [3.63, 3.8) is 0 Å². The Morgan fingerprint density at radius 1 is 0.390 bits per heavy atom. The summed E-state index contributed by atoms with van der Waals surface area (Å²) in [5.74, 6) is 1.28. The van der Waals surface area contributed by atoms with E-state index >= 15 is 0 Å². The van der Waals surface area contributed by atoms with Gasteiger partial charge in [0.2, 0.25) is 0 Å². The maximum Gasteiger partial charge on any atom is 0.165 e. The van der Waals surface area contributed by atoms with Crippen LogP contribution in [0.2, 0.25) is 5.02 Å². The van der Waals surface area contributed by atoms with Crippen LogP contribution in [-0.2, 0) is 69.6 Å². The molecular weight excluding hydrogens is 1390 g/mol. The smallest absolute Gasteiger partial charge is 0.165 e. The van der Waals surface area contributed by atoms with Gasteiger partial charge in [0.25, 0.3) is 0 Å². The quantitative estimate of drug-likeness (QED) is 0.0731. The highest BCUT2D eigenvalue weighted by Gasteiger charge is 2.26. The predicted octanol–water partition coefficient (Wildman–Crippen LogP) is 18.5. The van der Waals surface area contributed by atoms with Gasteiger partial charge in [-0.25, -0.2) is 0 Å². The van der Waals surface area contributed by atoms with Gasteiger partial charge in [-0.15, -0.1) is 0 Å². The second-order valence-corrected chi connectivity index (χ2v) is 31.2. The Kier molecular flexibility index (Phi) is 28.0. The summed E-state index contributed by atoms with van der Waals surface area (Å²) in [5.41, 5.74) is 75.9. The van der Waals surface area contributed by atoms with Gasteiger partial charge >= 0.3 is 0 Å². The van der Waals surface area contributed by atoms with Crippen molar-refractivity contribution in [2.75, 3.05) is 154 Å². The zero-order valence-corrected chi connectivity index (χ0v) is 66.2. The molecule has 0 fully saturated rings. The first-order valence-corrected chi connectivity index (χ1v) is 39.8. The number of rotatable bonds is 3. The number of fused-ring (bicyclic) bond motifs is 10. The molecule has 23 N–H and O–H groups in total. The molecule has 0 atom stereocenters. The number of hydrogen-bond donors (Lipinski definition) is 16. The van der Waals surface area contributed by atoms with E-state index in [0.29, 0.717) is 22.3 Å². The SMILES string of the molecule is CC(C)(C)c1c(N)ccc2c1NCCC2.CC(C)c1c(N)ccc2c1NCCC2.CCc1c(N)ccc2c1NCCC2.COc1c(N)ccc2c1NCCC2.Cc1c(N)ccc2c1NCCC2.Nc1ccc2c(c1Br)NCCC2.Nc1ccc2c(c1Cl)NCCC2.c1cc2c(c3c1CCCN3)CCCN2. The summed E-state index contributed by atoms with van der Waals surface area (Å²) in [6.07, 6.45) is 22.6. The van der Waals surface area contributed by atoms with Crippen LogP contribution in [0.3, 0.4) is 0 Å². The summed E-state index contributed by atoms with van der Waals surface area (Å²) in [4.78, 5) is 0. The van der Waals surface area contributed by atoms with Crippen LogP contribution in [0.5, 0.6) is 5.75 Å². The normalized spacial score (nSPS) is 15.6.